The summed E-state index contributed by atoms with van der Waals surface area (Å²) in [5, 5.41) is 13.6. The van der Waals surface area contributed by atoms with Crippen LogP contribution in [0.15, 0.2) is 36.5 Å². The Morgan fingerprint density at radius 1 is 1.25 bits per heavy atom. The quantitative estimate of drug-likeness (QED) is 0.840. The molecule has 5 nitrogen and oxygen atoms in total. The number of rotatable bonds is 3. The Hall–Kier alpha value is -2.40. The Morgan fingerprint density at radius 3 is 2.79 bits per heavy atom. The van der Waals surface area contributed by atoms with E-state index in [1.165, 1.54) is 0 Å². The molecule has 1 aliphatic heterocycles. The lowest BCUT2D eigenvalue weighted by Gasteiger charge is -2.32. The molecule has 1 aliphatic carbocycles. The molecular weight excluding hydrogens is 350 g/mol. The van der Waals surface area contributed by atoms with Gasteiger partial charge in [-0.1, -0.05) is 32.0 Å². The highest BCUT2D eigenvalue weighted by Crippen LogP contribution is 2.40. The lowest BCUT2D eigenvalue weighted by molar-refractivity contribution is 0.0748. The van der Waals surface area contributed by atoms with Crippen molar-refractivity contribution >= 4 is 17.4 Å². The van der Waals surface area contributed by atoms with Crippen LogP contribution in [-0.4, -0.2) is 35.2 Å². The molecule has 0 radical (unpaired) electrons. The molecule has 2 aromatic rings. The lowest BCUT2D eigenvalue weighted by Crippen LogP contribution is -2.34. The largest absolute Gasteiger partial charge is 0.393 e. The Labute approximate surface area is 166 Å². The molecule has 4 rings (SSSR count). The van der Waals surface area contributed by atoms with Crippen molar-refractivity contribution in [3.8, 4) is 0 Å². The number of aliphatic hydroxyl groups excluding tert-OH is 1. The topological polar surface area (TPSA) is 65.5 Å². The van der Waals surface area contributed by atoms with Gasteiger partial charge in [0, 0.05) is 24.6 Å². The van der Waals surface area contributed by atoms with Gasteiger partial charge in [-0.2, -0.15) is 0 Å². The maximum Gasteiger partial charge on any atom is 0.258 e. The van der Waals surface area contributed by atoms with Crippen molar-refractivity contribution in [1.29, 1.82) is 0 Å². The third-order valence-corrected chi connectivity index (χ3v) is 6.41. The Kier molecular flexibility index (Phi) is 5.11. The van der Waals surface area contributed by atoms with Gasteiger partial charge >= 0.3 is 0 Å². The second kappa shape index (κ2) is 7.55. The highest BCUT2D eigenvalue weighted by molar-refractivity contribution is 6.08. The normalized spacial score (nSPS) is 27.0. The number of nitrogens with one attached hydrogen (secondary N) is 1. The molecule has 0 bridgehead atoms. The SMILES string of the molecule is CCC1c2ccccc2C(=O)N(C)c2cnc(N[C@@H]3CC[C@@H](O)[C@H](C)C3)cc21. The summed E-state index contributed by atoms with van der Waals surface area (Å²) in [5.41, 5.74) is 3.89. The summed E-state index contributed by atoms with van der Waals surface area (Å²) in [6, 6.07) is 10.4. The molecule has 1 fully saturated rings. The van der Waals surface area contributed by atoms with E-state index in [1.54, 1.807) is 4.90 Å². The number of anilines is 2. The van der Waals surface area contributed by atoms with E-state index in [2.05, 4.69) is 36.3 Å². The van der Waals surface area contributed by atoms with Crippen molar-refractivity contribution in [1.82, 2.24) is 4.98 Å². The number of benzene rings is 1. The Bertz CT molecular complexity index is 882. The average molecular weight is 380 g/mol. The number of carbonyl (C=O) groups excluding carboxylic acids is 1. The van der Waals surface area contributed by atoms with Gasteiger partial charge in [0.2, 0.25) is 0 Å². The van der Waals surface area contributed by atoms with Gasteiger partial charge in [0.25, 0.3) is 5.91 Å². The molecule has 2 aliphatic rings. The minimum absolute atomic E-state index is 0.0189. The minimum atomic E-state index is -0.196. The molecule has 4 atom stereocenters. The molecule has 2 heterocycles. The summed E-state index contributed by atoms with van der Waals surface area (Å²) in [4.78, 5) is 19.3. The van der Waals surface area contributed by atoms with Crippen molar-refractivity contribution in [3.05, 3.63) is 53.2 Å². The van der Waals surface area contributed by atoms with Crippen LogP contribution in [0.1, 0.15) is 66.9 Å². The molecule has 1 unspecified atom stereocenters. The van der Waals surface area contributed by atoms with Crippen molar-refractivity contribution in [3.63, 3.8) is 0 Å². The molecule has 5 heteroatoms. The van der Waals surface area contributed by atoms with Crippen LogP contribution in [0.4, 0.5) is 11.5 Å². The molecule has 0 saturated heterocycles. The van der Waals surface area contributed by atoms with Crippen LogP contribution >= 0.6 is 0 Å². The van der Waals surface area contributed by atoms with E-state index in [0.717, 1.165) is 53.9 Å². The number of amides is 1. The van der Waals surface area contributed by atoms with Crippen LogP contribution in [-0.2, 0) is 0 Å². The number of carbonyl (C=O) groups is 1. The second-order valence-electron chi connectivity index (χ2n) is 8.24. The maximum atomic E-state index is 13.0. The van der Waals surface area contributed by atoms with Crippen LogP contribution in [0.25, 0.3) is 0 Å². The smallest absolute Gasteiger partial charge is 0.258 e. The Morgan fingerprint density at radius 2 is 2.04 bits per heavy atom. The lowest BCUT2D eigenvalue weighted by atomic mass is 9.84. The molecule has 1 saturated carbocycles. The number of aromatic nitrogens is 1. The summed E-state index contributed by atoms with van der Waals surface area (Å²) < 4.78 is 0. The molecule has 1 amide bonds. The number of aliphatic hydroxyl groups is 1. The summed E-state index contributed by atoms with van der Waals surface area (Å²) in [7, 11) is 1.83. The fourth-order valence-corrected chi connectivity index (χ4v) is 4.72. The van der Waals surface area contributed by atoms with E-state index in [-0.39, 0.29) is 17.9 Å². The molecule has 0 spiro atoms. The van der Waals surface area contributed by atoms with Crippen LogP contribution in [0.5, 0.6) is 0 Å². The summed E-state index contributed by atoms with van der Waals surface area (Å²) in [6.45, 7) is 4.27. The fraction of sp³-hybridized carbons (Fsp3) is 0.478. The minimum Gasteiger partial charge on any atom is -0.393 e. The number of pyridine rings is 1. The first-order valence-electron chi connectivity index (χ1n) is 10.3. The van der Waals surface area contributed by atoms with Gasteiger partial charge in [0.1, 0.15) is 5.82 Å². The fourth-order valence-electron chi connectivity index (χ4n) is 4.72. The predicted molar refractivity (Wildman–Crippen MR) is 112 cm³/mol. The van der Waals surface area contributed by atoms with Crippen molar-refractivity contribution in [2.45, 2.75) is 57.6 Å². The van der Waals surface area contributed by atoms with E-state index >= 15 is 0 Å². The predicted octanol–water partition coefficient (Wildman–Crippen LogP) is 4.17. The molecule has 148 valence electrons. The van der Waals surface area contributed by atoms with Crippen LogP contribution in [0.3, 0.4) is 0 Å². The van der Waals surface area contributed by atoms with E-state index < -0.39 is 0 Å². The molecular formula is C23H29N3O2. The number of hydrogen-bond donors (Lipinski definition) is 2. The Balaban J connectivity index is 1.70. The summed E-state index contributed by atoms with van der Waals surface area (Å²) in [6.07, 6.45) is 5.26. The van der Waals surface area contributed by atoms with Crippen LogP contribution in [0, 0.1) is 5.92 Å². The van der Waals surface area contributed by atoms with Gasteiger partial charge in [-0.15, -0.1) is 0 Å². The molecule has 1 aromatic heterocycles. The van der Waals surface area contributed by atoms with Gasteiger partial charge in [-0.3, -0.25) is 4.79 Å². The third-order valence-electron chi connectivity index (χ3n) is 6.41. The van der Waals surface area contributed by atoms with E-state index in [9.17, 15) is 9.90 Å². The highest BCUT2D eigenvalue weighted by atomic mass is 16.3. The maximum absolute atomic E-state index is 13.0. The number of fused-ring (bicyclic) bond motifs is 2. The zero-order valence-corrected chi connectivity index (χ0v) is 16.9. The van der Waals surface area contributed by atoms with Crippen molar-refractivity contribution < 1.29 is 9.90 Å². The van der Waals surface area contributed by atoms with E-state index in [1.807, 2.05) is 31.4 Å². The first-order chi connectivity index (χ1) is 13.5. The van der Waals surface area contributed by atoms with Gasteiger partial charge in [-0.25, -0.2) is 4.98 Å². The monoisotopic (exact) mass is 379 g/mol. The molecule has 1 aromatic carbocycles. The van der Waals surface area contributed by atoms with Gasteiger partial charge < -0.3 is 15.3 Å². The zero-order valence-electron chi connectivity index (χ0n) is 16.9. The average Bonchev–Trinajstić information content (AvgIpc) is 2.79. The molecule has 28 heavy (non-hydrogen) atoms. The van der Waals surface area contributed by atoms with Crippen LogP contribution in [0.2, 0.25) is 0 Å². The zero-order chi connectivity index (χ0) is 19.8. The molecule has 2 N–H and O–H groups in total. The van der Waals surface area contributed by atoms with E-state index in [0.29, 0.717) is 12.0 Å². The number of hydrogen-bond acceptors (Lipinski definition) is 4. The second-order valence-corrected chi connectivity index (χ2v) is 8.24. The number of nitrogens with zero attached hydrogens (tertiary/aromatic N) is 2. The van der Waals surface area contributed by atoms with E-state index in [4.69, 9.17) is 0 Å². The van der Waals surface area contributed by atoms with Gasteiger partial charge in [0.15, 0.2) is 0 Å². The summed E-state index contributed by atoms with van der Waals surface area (Å²) in [5.74, 6) is 1.33. The third kappa shape index (κ3) is 3.28. The van der Waals surface area contributed by atoms with Crippen LogP contribution < -0.4 is 10.2 Å². The van der Waals surface area contributed by atoms with Gasteiger partial charge in [0.05, 0.1) is 18.0 Å². The summed E-state index contributed by atoms with van der Waals surface area (Å²) >= 11 is 0. The first kappa shape index (κ1) is 18.9. The van der Waals surface area contributed by atoms with Gasteiger partial charge in [-0.05, 0) is 54.9 Å². The standard InChI is InChI=1S/C23H29N3O2/c1-4-16-17-7-5-6-8-18(17)23(28)26(3)20-13-24-22(12-19(16)20)25-15-9-10-21(27)14(2)11-15/h5-8,12-16,21,27H,4,9-11H2,1-3H3,(H,24,25)/t14-,15-,16?,21-/m1/s1. The van der Waals surface area contributed by atoms with Crippen molar-refractivity contribution in [2.75, 3.05) is 17.3 Å². The first-order valence-corrected chi connectivity index (χ1v) is 10.3. The van der Waals surface area contributed by atoms with Crippen molar-refractivity contribution in [2.24, 2.45) is 5.92 Å². The highest BCUT2D eigenvalue weighted by Gasteiger charge is 2.31.